The van der Waals surface area contributed by atoms with Crippen molar-refractivity contribution < 1.29 is 0 Å². The molecule has 0 aromatic heterocycles. The van der Waals surface area contributed by atoms with Crippen molar-refractivity contribution in [1.82, 2.24) is 0 Å². The van der Waals surface area contributed by atoms with Gasteiger partial charge in [-0.25, -0.2) is 0 Å². The lowest BCUT2D eigenvalue weighted by Crippen LogP contribution is -2.34. The summed E-state index contributed by atoms with van der Waals surface area (Å²) in [6.07, 6.45) is 4.89. The van der Waals surface area contributed by atoms with E-state index in [9.17, 15) is 0 Å². The Morgan fingerprint density at radius 1 is 0.875 bits per heavy atom. The Morgan fingerprint density at radius 3 is 1.94 bits per heavy atom. The maximum absolute atomic E-state index is 2.44. The van der Waals surface area contributed by atoms with E-state index in [-0.39, 0.29) is 0 Å². The lowest BCUT2D eigenvalue weighted by Gasteiger charge is -2.29. The number of fused-ring (bicyclic) bond motifs is 1. The Labute approximate surface area is 100 Å². The first kappa shape index (κ1) is 11.7. The van der Waals surface area contributed by atoms with Crippen LogP contribution in [0.3, 0.4) is 0 Å². The van der Waals surface area contributed by atoms with Gasteiger partial charge in [-0.05, 0) is 11.1 Å². The molecule has 0 fully saturated rings. The SMILES string of the molecule is CC[Si](CC)(CC)C1=Cc2ccccc2[CH]1. The van der Waals surface area contributed by atoms with E-state index in [1.165, 1.54) is 29.3 Å². The molecule has 1 aliphatic rings. The quantitative estimate of drug-likeness (QED) is 0.657. The fourth-order valence-corrected chi connectivity index (χ4v) is 6.47. The zero-order valence-corrected chi connectivity index (χ0v) is 11.6. The van der Waals surface area contributed by atoms with Gasteiger partial charge in [0.15, 0.2) is 0 Å². The van der Waals surface area contributed by atoms with Crippen LogP contribution in [-0.2, 0) is 0 Å². The fourth-order valence-electron chi connectivity index (χ4n) is 2.82. The van der Waals surface area contributed by atoms with E-state index in [2.05, 4.69) is 57.5 Å². The summed E-state index contributed by atoms with van der Waals surface area (Å²) in [4.78, 5) is 0. The number of hydrogen-bond acceptors (Lipinski definition) is 0. The van der Waals surface area contributed by atoms with Crippen LogP contribution in [0.2, 0.25) is 18.1 Å². The van der Waals surface area contributed by atoms with E-state index < -0.39 is 8.07 Å². The first-order valence-electron chi connectivity index (χ1n) is 6.41. The van der Waals surface area contributed by atoms with E-state index >= 15 is 0 Å². The molecular weight excluding hydrogens is 208 g/mol. The summed E-state index contributed by atoms with van der Waals surface area (Å²) < 4.78 is 0. The van der Waals surface area contributed by atoms with Crippen molar-refractivity contribution in [3.05, 3.63) is 47.0 Å². The van der Waals surface area contributed by atoms with Crippen molar-refractivity contribution in [2.24, 2.45) is 0 Å². The molecule has 1 aromatic carbocycles. The maximum atomic E-state index is 2.44. The predicted molar refractivity (Wildman–Crippen MR) is 75.0 cm³/mol. The highest BCUT2D eigenvalue weighted by molar-refractivity contribution is 6.87. The van der Waals surface area contributed by atoms with Crippen LogP contribution in [0.1, 0.15) is 31.9 Å². The molecule has 0 spiro atoms. The molecule has 16 heavy (non-hydrogen) atoms. The van der Waals surface area contributed by atoms with Gasteiger partial charge in [-0.15, -0.1) is 0 Å². The number of benzene rings is 1. The average molecular weight is 229 g/mol. The van der Waals surface area contributed by atoms with Crippen LogP contribution in [0.15, 0.2) is 29.5 Å². The molecule has 0 unspecified atom stereocenters. The first-order valence-corrected chi connectivity index (χ1v) is 9.04. The first-order chi connectivity index (χ1) is 7.75. The molecule has 2 rings (SSSR count). The Bertz CT molecular complexity index is 391. The molecule has 0 amide bonds. The third-order valence-corrected chi connectivity index (χ3v) is 9.83. The van der Waals surface area contributed by atoms with Crippen molar-refractivity contribution in [2.45, 2.75) is 38.9 Å². The van der Waals surface area contributed by atoms with Crippen LogP contribution < -0.4 is 0 Å². The summed E-state index contributed by atoms with van der Waals surface area (Å²) >= 11 is 0. The van der Waals surface area contributed by atoms with Gasteiger partial charge in [-0.1, -0.05) is 74.4 Å². The highest BCUT2D eigenvalue weighted by Gasteiger charge is 2.33. The van der Waals surface area contributed by atoms with Gasteiger partial charge in [-0.2, -0.15) is 0 Å². The maximum Gasteiger partial charge on any atom is 0.0816 e. The van der Waals surface area contributed by atoms with Crippen LogP contribution in [0.4, 0.5) is 0 Å². The highest BCUT2D eigenvalue weighted by atomic mass is 28.3. The molecule has 0 bridgehead atoms. The van der Waals surface area contributed by atoms with Crippen LogP contribution >= 0.6 is 0 Å². The van der Waals surface area contributed by atoms with Crippen molar-refractivity contribution in [1.29, 1.82) is 0 Å². The minimum Gasteiger partial charge on any atom is -0.0714 e. The van der Waals surface area contributed by atoms with E-state index in [1.54, 1.807) is 5.20 Å². The van der Waals surface area contributed by atoms with Gasteiger partial charge in [0.2, 0.25) is 0 Å². The smallest absolute Gasteiger partial charge is 0.0714 e. The second kappa shape index (κ2) is 4.58. The largest absolute Gasteiger partial charge is 0.0816 e. The predicted octanol–water partition coefficient (Wildman–Crippen LogP) is 4.68. The second-order valence-corrected chi connectivity index (χ2v) is 9.97. The Hall–Kier alpha value is -0.823. The summed E-state index contributed by atoms with van der Waals surface area (Å²) in [7, 11) is -1.18. The topological polar surface area (TPSA) is 0 Å². The Balaban J connectivity index is 2.33. The molecule has 85 valence electrons. The summed E-state index contributed by atoms with van der Waals surface area (Å²) in [6, 6.07) is 12.9. The summed E-state index contributed by atoms with van der Waals surface area (Å²) in [5.41, 5.74) is 2.84. The third kappa shape index (κ3) is 1.78. The normalized spacial score (nSPS) is 14.8. The fraction of sp³-hybridized carbons (Fsp3) is 0.400. The van der Waals surface area contributed by atoms with Gasteiger partial charge in [-0.3, -0.25) is 0 Å². The minimum atomic E-state index is -1.18. The van der Waals surface area contributed by atoms with Gasteiger partial charge < -0.3 is 0 Å². The average Bonchev–Trinajstić information content (AvgIpc) is 2.76. The molecule has 1 aromatic rings. The van der Waals surface area contributed by atoms with Crippen molar-refractivity contribution in [3.8, 4) is 0 Å². The van der Waals surface area contributed by atoms with Crippen molar-refractivity contribution >= 4 is 14.1 Å². The van der Waals surface area contributed by atoms with Crippen LogP contribution in [0.25, 0.3) is 6.08 Å². The van der Waals surface area contributed by atoms with E-state index in [1.807, 2.05) is 0 Å². The van der Waals surface area contributed by atoms with Gasteiger partial charge in [0.1, 0.15) is 0 Å². The highest BCUT2D eigenvalue weighted by Crippen LogP contribution is 2.38. The zero-order chi connectivity index (χ0) is 11.6. The molecular formula is C15H21Si. The molecule has 0 saturated carbocycles. The molecule has 0 nitrogen and oxygen atoms in total. The summed E-state index contributed by atoms with van der Waals surface area (Å²) in [6.45, 7) is 7.12. The van der Waals surface area contributed by atoms with Crippen LogP contribution in [0.5, 0.6) is 0 Å². The molecule has 0 atom stereocenters. The zero-order valence-electron chi connectivity index (χ0n) is 10.6. The van der Waals surface area contributed by atoms with Gasteiger partial charge in [0, 0.05) is 6.42 Å². The van der Waals surface area contributed by atoms with E-state index in [4.69, 9.17) is 0 Å². The lowest BCUT2D eigenvalue weighted by atomic mass is 10.1. The molecule has 0 N–H and O–H groups in total. The van der Waals surface area contributed by atoms with Crippen molar-refractivity contribution in [2.75, 3.05) is 0 Å². The summed E-state index contributed by atoms with van der Waals surface area (Å²) in [5, 5.41) is 1.67. The van der Waals surface area contributed by atoms with Gasteiger partial charge >= 0.3 is 0 Å². The third-order valence-electron chi connectivity index (χ3n) is 4.26. The molecule has 1 aliphatic carbocycles. The Kier molecular flexibility index (Phi) is 3.34. The molecule has 0 saturated heterocycles. The monoisotopic (exact) mass is 229 g/mol. The van der Waals surface area contributed by atoms with E-state index in [0.29, 0.717) is 0 Å². The summed E-state index contributed by atoms with van der Waals surface area (Å²) in [5.74, 6) is 0. The van der Waals surface area contributed by atoms with E-state index in [0.717, 1.165) is 0 Å². The van der Waals surface area contributed by atoms with Crippen molar-refractivity contribution in [3.63, 3.8) is 0 Å². The minimum absolute atomic E-state index is 1.18. The molecule has 0 heterocycles. The van der Waals surface area contributed by atoms with Gasteiger partial charge in [0.25, 0.3) is 0 Å². The standard InChI is InChI=1S/C15H21Si/c1-4-16(5-2,6-3)15-11-13-9-7-8-10-14(13)12-15/h7-12H,4-6H2,1-3H3. The Morgan fingerprint density at radius 2 is 1.44 bits per heavy atom. The van der Waals surface area contributed by atoms with Crippen LogP contribution in [0, 0.1) is 6.42 Å². The number of allylic oxidation sites excluding steroid dienone is 1. The second-order valence-electron chi connectivity index (χ2n) is 4.71. The lowest BCUT2D eigenvalue weighted by molar-refractivity contribution is 1.18. The molecule has 1 radical (unpaired) electrons. The molecule has 1 heteroatoms. The van der Waals surface area contributed by atoms with Gasteiger partial charge in [0.05, 0.1) is 8.07 Å². The number of rotatable bonds is 4. The number of hydrogen-bond donors (Lipinski definition) is 0. The molecule has 0 aliphatic heterocycles. The van der Waals surface area contributed by atoms with Crippen LogP contribution in [-0.4, -0.2) is 8.07 Å².